The molecule has 116 valence electrons. The van der Waals surface area contributed by atoms with Crippen molar-refractivity contribution in [1.82, 2.24) is 20.9 Å². The Morgan fingerprint density at radius 3 is 2.55 bits per heavy atom. The quantitative estimate of drug-likeness (QED) is 0.665. The minimum atomic E-state index is -0.453. The van der Waals surface area contributed by atoms with Gasteiger partial charge in [-0.2, -0.15) is 0 Å². The van der Waals surface area contributed by atoms with E-state index in [1.807, 2.05) is 6.92 Å². The van der Waals surface area contributed by atoms with Gasteiger partial charge >= 0.3 is 6.03 Å². The second kappa shape index (κ2) is 8.21. The number of hydrogen-bond donors (Lipinski definition) is 3. The van der Waals surface area contributed by atoms with Crippen LogP contribution in [0.1, 0.15) is 33.6 Å². The summed E-state index contributed by atoms with van der Waals surface area (Å²) in [5.74, 6) is 0.231. The van der Waals surface area contributed by atoms with Crippen LogP contribution >= 0.6 is 0 Å². The van der Waals surface area contributed by atoms with Gasteiger partial charge in [-0.05, 0) is 32.2 Å². The number of nitrogens with one attached hydrogen (secondary N) is 3. The van der Waals surface area contributed by atoms with Gasteiger partial charge in [0.25, 0.3) is 0 Å². The van der Waals surface area contributed by atoms with Crippen LogP contribution in [0.25, 0.3) is 0 Å². The third-order valence-corrected chi connectivity index (χ3v) is 3.61. The van der Waals surface area contributed by atoms with Crippen molar-refractivity contribution in [1.29, 1.82) is 0 Å². The van der Waals surface area contributed by atoms with E-state index in [4.69, 9.17) is 0 Å². The summed E-state index contributed by atoms with van der Waals surface area (Å²) in [6.45, 7) is 8.88. The Labute approximate surface area is 121 Å². The molecule has 3 amide bonds. The lowest BCUT2D eigenvalue weighted by Crippen LogP contribution is -2.52. The maximum atomic E-state index is 12.1. The zero-order valence-electron chi connectivity index (χ0n) is 13.0. The van der Waals surface area contributed by atoms with Crippen LogP contribution in [0.4, 0.5) is 4.79 Å². The molecule has 6 heteroatoms. The molecule has 0 spiro atoms. The standard InChI is InChI=1S/C14H28N4O2/c1-10(2)8-18(9-12-6-5-7-16-12)11(3)13(19)17-14(20)15-4/h10-12,16H,5-9H2,1-4H3,(H2,15,17,19,20). The van der Waals surface area contributed by atoms with Crippen LogP contribution < -0.4 is 16.0 Å². The number of amides is 3. The third-order valence-electron chi connectivity index (χ3n) is 3.61. The molecule has 6 nitrogen and oxygen atoms in total. The number of carbonyl (C=O) groups excluding carboxylic acids is 2. The molecule has 0 aliphatic carbocycles. The van der Waals surface area contributed by atoms with Crippen LogP contribution in [0.3, 0.4) is 0 Å². The molecule has 1 fully saturated rings. The molecule has 0 aromatic carbocycles. The average Bonchev–Trinajstić information content (AvgIpc) is 2.89. The molecule has 1 rings (SSSR count). The monoisotopic (exact) mass is 284 g/mol. The van der Waals surface area contributed by atoms with E-state index in [-0.39, 0.29) is 11.9 Å². The highest BCUT2D eigenvalue weighted by Gasteiger charge is 2.26. The van der Waals surface area contributed by atoms with Crippen LogP contribution in [-0.4, -0.2) is 55.6 Å². The Morgan fingerprint density at radius 1 is 1.35 bits per heavy atom. The predicted molar refractivity (Wildman–Crippen MR) is 79.5 cm³/mol. The first-order chi connectivity index (χ1) is 9.43. The van der Waals surface area contributed by atoms with Gasteiger partial charge < -0.3 is 10.6 Å². The first-order valence-electron chi connectivity index (χ1n) is 7.44. The van der Waals surface area contributed by atoms with Crippen molar-refractivity contribution >= 4 is 11.9 Å². The van der Waals surface area contributed by atoms with Crippen LogP contribution in [-0.2, 0) is 4.79 Å². The molecular weight excluding hydrogens is 256 g/mol. The number of carbonyl (C=O) groups is 2. The van der Waals surface area contributed by atoms with Crippen molar-refractivity contribution < 1.29 is 9.59 Å². The normalized spacial score (nSPS) is 20.2. The molecule has 0 aromatic heterocycles. The zero-order chi connectivity index (χ0) is 15.1. The molecule has 0 aromatic rings. The summed E-state index contributed by atoms with van der Waals surface area (Å²) in [7, 11) is 1.50. The molecule has 1 aliphatic heterocycles. The fourth-order valence-electron chi connectivity index (χ4n) is 2.50. The molecule has 1 heterocycles. The summed E-state index contributed by atoms with van der Waals surface area (Å²) in [5.41, 5.74) is 0. The first-order valence-corrected chi connectivity index (χ1v) is 7.44. The van der Waals surface area contributed by atoms with Gasteiger partial charge in [0.15, 0.2) is 0 Å². The zero-order valence-corrected chi connectivity index (χ0v) is 13.0. The molecule has 0 saturated carbocycles. The van der Waals surface area contributed by atoms with E-state index in [0.29, 0.717) is 12.0 Å². The Kier molecular flexibility index (Phi) is 6.95. The Bertz CT molecular complexity index is 327. The summed E-state index contributed by atoms with van der Waals surface area (Å²) >= 11 is 0. The van der Waals surface area contributed by atoms with Gasteiger partial charge in [0.05, 0.1) is 6.04 Å². The van der Waals surface area contributed by atoms with Gasteiger partial charge in [0.2, 0.25) is 5.91 Å². The fraction of sp³-hybridized carbons (Fsp3) is 0.857. The highest BCUT2D eigenvalue weighted by molar-refractivity contribution is 5.96. The van der Waals surface area contributed by atoms with Gasteiger partial charge in [-0.15, -0.1) is 0 Å². The summed E-state index contributed by atoms with van der Waals surface area (Å²) in [6, 6.07) is -0.313. The second-order valence-corrected chi connectivity index (χ2v) is 5.89. The summed E-state index contributed by atoms with van der Waals surface area (Å²) < 4.78 is 0. The van der Waals surface area contributed by atoms with E-state index >= 15 is 0 Å². The molecule has 0 bridgehead atoms. The van der Waals surface area contributed by atoms with E-state index in [0.717, 1.165) is 26.1 Å². The maximum Gasteiger partial charge on any atom is 0.321 e. The van der Waals surface area contributed by atoms with Gasteiger partial charge in [0, 0.05) is 26.2 Å². The summed E-state index contributed by atoms with van der Waals surface area (Å²) in [4.78, 5) is 25.5. The summed E-state index contributed by atoms with van der Waals surface area (Å²) in [6.07, 6.45) is 2.34. The van der Waals surface area contributed by atoms with Crippen LogP contribution in [0.5, 0.6) is 0 Å². The van der Waals surface area contributed by atoms with Crippen LogP contribution in [0.2, 0.25) is 0 Å². The van der Waals surface area contributed by atoms with Crippen molar-refractivity contribution in [2.45, 2.75) is 45.7 Å². The van der Waals surface area contributed by atoms with E-state index in [2.05, 4.69) is 34.7 Å². The minimum absolute atomic E-state index is 0.247. The molecule has 20 heavy (non-hydrogen) atoms. The number of hydrogen-bond acceptors (Lipinski definition) is 4. The Morgan fingerprint density at radius 2 is 2.05 bits per heavy atom. The predicted octanol–water partition coefficient (Wildman–Crippen LogP) is 0.541. The van der Waals surface area contributed by atoms with Crippen molar-refractivity contribution in [2.75, 3.05) is 26.7 Å². The van der Waals surface area contributed by atoms with Gasteiger partial charge in [-0.1, -0.05) is 13.8 Å². The van der Waals surface area contributed by atoms with Crippen LogP contribution in [0.15, 0.2) is 0 Å². The topological polar surface area (TPSA) is 73.5 Å². The lowest BCUT2D eigenvalue weighted by Gasteiger charge is -2.31. The number of urea groups is 1. The number of rotatable bonds is 6. The third kappa shape index (κ3) is 5.46. The van der Waals surface area contributed by atoms with Crippen molar-refractivity contribution in [3.05, 3.63) is 0 Å². The largest absolute Gasteiger partial charge is 0.341 e. The maximum absolute atomic E-state index is 12.1. The SMILES string of the molecule is CNC(=O)NC(=O)C(C)N(CC(C)C)CC1CCCN1. The highest BCUT2D eigenvalue weighted by atomic mass is 16.2. The minimum Gasteiger partial charge on any atom is -0.341 e. The van der Waals surface area contributed by atoms with Gasteiger partial charge in [-0.3, -0.25) is 15.0 Å². The highest BCUT2D eigenvalue weighted by Crippen LogP contribution is 2.11. The lowest BCUT2D eigenvalue weighted by molar-refractivity contribution is -0.125. The number of imide groups is 1. The lowest BCUT2D eigenvalue weighted by atomic mass is 10.1. The van der Waals surface area contributed by atoms with E-state index in [1.54, 1.807) is 0 Å². The van der Waals surface area contributed by atoms with Crippen molar-refractivity contribution in [3.63, 3.8) is 0 Å². The molecular formula is C14H28N4O2. The van der Waals surface area contributed by atoms with Crippen molar-refractivity contribution in [2.24, 2.45) is 5.92 Å². The van der Waals surface area contributed by atoms with Gasteiger partial charge in [0.1, 0.15) is 0 Å². The average molecular weight is 284 g/mol. The van der Waals surface area contributed by atoms with Crippen molar-refractivity contribution in [3.8, 4) is 0 Å². The molecule has 1 saturated heterocycles. The molecule has 2 atom stereocenters. The Hall–Kier alpha value is -1.14. The molecule has 3 N–H and O–H groups in total. The number of nitrogens with zero attached hydrogens (tertiary/aromatic N) is 1. The van der Waals surface area contributed by atoms with Crippen LogP contribution in [0, 0.1) is 5.92 Å². The van der Waals surface area contributed by atoms with E-state index in [1.165, 1.54) is 13.5 Å². The van der Waals surface area contributed by atoms with Gasteiger partial charge in [-0.25, -0.2) is 4.79 Å². The molecule has 0 radical (unpaired) electrons. The first kappa shape index (κ1) is 16.9. The summed E-state index contributed by atoms with van der Waals surface area (Å²) in [5, 5.41) is 8.21. The second-order valence-electron chi connectivity index (χ2n) is 5.89. The molecule has 1 aliphatic rings. The van der Waals surface area contributed by atoms with E-state index < -0.39 is 6.03 Å². The smallest absolute Gasteiger partial charge is 0.321 e. The molecule has 2 unspecified atom stereocenters. The Balaban J connectivity index is 2.59. The fourth-order valence-corrected chi connectivity index (χ4v) is 2.50. The van der Waals surface area contributed by atoms with E-state index in [9.17, 15) is 9.59 Å².